The van der Waals surface area contributed by atoms with E-state index in [0.717, 1.165) is 51.7 Å². The molecule has 5 saturated heterocycles. The summed E-state index contributed by atoms with van der Waals surface area (Å²) in [6.45, 7) is 3.16. The molecule has 202 valence electrons. The minimum atomic E-state index is -0.867. The lowest BCUT2D eigenvalue weighted by molar-refractivity contribution is 0.107. The molecule has 0 saturated carbocycles. The zero-order chi connectivity index (χ0) is 26.6. The van der Waals surface area contributed by atoms with Gasteiger partial charge in [-0.2, -0.15) is 15.2 Å². The topological polar surface area (TPSA) is 90.2 Å². The van der Waals surface area contributed by atoms with Gasteiger partial charge in [0.1, 0.15) is 29.8 Å². The smallest absolute Gasteiger partial charge is 0.319 e. The second kappa shape index (κ2) is 9.65. The third-order valence-electron chi connectivity index (χ3n) is 9.04. The third-order valence-corrected chi connectivity index (χ3v) is 9.04. The first-order valence-corrected chi connectivity index (χ1v) is 13.9. The number of anilines is 1. The first-order valence-electron chi connectivity index (χ1n) is 13.9. The molecule has 4 atom stereocenters. The predicted octanol–water partition coefficient (Wildman–Crippen LogP) is 3.99. The van der Waals surface area contributed by atoms with Crippen LogP contribution in [0.4, 0.5) is 14.6 Å². The van der Waals surface area contributed by atoms with Crippen molar-refractivity contribution in [2.24, 2.45) is 0 Å². The van der Waals surface area contributed by atoms with Gasteiger partial charge in [0.05, 0.1) is 22.6 Å². The number of rotatable bonds is 5. The Morgan fingerprint density at radius 3 is 2.97 bits per heavy atom. The summed E-state index contributed by atoms with van der Waals surface area (Å²) < 4.78 is 36.8. The van der Waals surface area contributed by atoms with Crippen LogP contribution >= 0.6 is 0 Å². The summed E-state index contributed by atoms with van der Waals surface area (Å²) in [5.41, 5.74) is 0.590. The number of aromatic nitrogens is 3. The first kappa shape index (κ1) is 24.6. The number of hydrogen-bond acceptors (Lipinski definition) is 8. The van der Waals surface area contributed by atoms with Crippen LogP contribution in [0.2, 0.25) is 0 Å². The van der Waals surface area contributed by atoms with Crippen LogP contribution in [0.1, 0.15) is 44.1 Å². The average molecular weight is 532 g/mol. The van der Waals surface area contributed by atoms with E-state index in [2.05, 4.69) is 31.2 Å². The second-order valence-corrected chi connectivity index (χ2v) is 11.4. The summed E-state index contributed by atoms with van der Waals surface area (Å²) in [5, 5.41) is 13.7. The molecule has 8 nitrogen and oxygen atoms in total. The number of nitrogens with zero attached hydrogens (tertiary/aromatic N) is 6. The van der Waals surface area contributed by atoms with E-state index in [4.69, 9.17) is 9.72 Å². The predicted molar refractivity (Wildman–Crippen MR) is 143 cm³/mol. The van der Waals surface area contributed by atoms with Gasteiger partial charge in [-0.25, -0.2) is 8.78 Å². The van der Waals surface area contributed by atoms with Gasteiger partial charge in [-0.3, -0.25) is 9.88 Å². The van der Waals surface area contributed by atoms with Crippen LogP contribution in [-0.2, 0) is 0 Å². The number of nitriles is 1. The van der Waals surface area contributed by atoms with E-state index in [9.17, 15) is 9.65 Å². The standard InChI is InChI=1S/C29H31F2N7O/c30-19-11-29(9-4-10-37(29)15-19)17-39-28-35-26-23(27(36-28)38-16-20-6-3-7-21(38)13-33-20)14-34-25(24(26)31)22-8-2-1-5-18(22)12-32/h1-2,5,8,14,19-21,33H,3-4,6-7,9-11,13,15-17H2/t19-,20?,21?,29+/m1/s1. The Labute approximate surface area is 226 Å². The number of hydrogen-bond donors (Lipinski definition) is 1. The van der Waals surface area contributed by atoms with E-state index >= 15 is 4.39 Å². The van der Waals surface area contributed by atoms with E-state index in [0.29, 0.717) is 41.3 Å². The number of fused-ring (bicyclic) bond motifs is 6. The normalized spacial score (nSPS) is 28.4. The number of alkyl halides is 1. The lowest BCUT2D eigenvalue weighted by Gasteiger charge is -2.38. The lowest BCUT2D eigenvalue weighted by Crippen LogP contribution is -2.54. The zero-order valence-corrected chi connectivity index (χ0v) is 21.7. The highest BCUT2D eigenvalue weighted by Crippen LogP contribution is 2.41. The van der Waals surface area contributed by atoms with Gasteiger partial charge in [0.25, 0.3) is 0 Å². The average Bonchev–Trinajstić information content (AvgIpc) is 3.28. The van der Waals surface area contributed by atoms with Crippen molar-refractivity contribution in [3.63, 3.8) is 0 Å². The highest BCUT2D eigenvalue weighted by atomic mass is 19.1. The highest BCUT2D eigenvalue weighted by Gasteiger charge is 2.49. The summed E-state index contributed by atoms with van der Waals surface area (Å²) in [4.78, 5) is 18.3. The van der Waals surface area contributed by atoms with Crippen molar-refractivity contribution in [2.75, 3.05) is 37.7 Å². The van der Waals surface area contributed by atoms with Crippen molar-refractivity contribution in [1.82, 2.24) is 25.2 Å². The van der Waals surface area contributed by atoms with Crippen molar-refractivity contribution >= 4 is 16.7 Å². The molecule has 8 rings (SSSR count). The molecule has 2 unspecified atom stereocenters. The molecule has 5 fully saturated rings. The van der Waals surface area contributed by atoms with E-state index < -0.39 is 12.0 Å². The molecular formula is C29H31F2N7O. The summed E-state index contributed by atoms with van der Waals surface area (Å²) in [5.74, 6) is 0.0163. The lowest BCUT2D eigenvalue weighted by atomic mass is 9.95. The van der Waals surface area contributed by atoms with Gasteiger partial charge in [-0.15, -0.1) is 0 Å². The Balaban J connectivity index is 1.33. The Morgan fingerprint density at radius 2 is 2.08 bits per heavy atom. The summed E-state index contributed by atoms with van der Waals surface area (Å²) in [7, 11) is 0. The van der Waals surface area contributed by atoms with Crippen LogP contribution in [0.25, 0.3) is 22.2 Å². The Morgan fingerprint density at radius 1 is 1.18 bits per heavy atom. The molecule has 5 aliphatic rings. The molecular weight excluding hydrogens is 500 g/mol. The van der Waals surface area contributed by atoms with E-state index in [1.165, 1.54) is 0 Å². The monoisotopic (exact) mass is 531 g/mol. The fourth-order valence-electron chi connectivity index (χ4n) is 7.10. The van der Waals surface area contributed by atoms with Crippen LogP contribution < -0.4 is 15.0 Å². The van der Waals surface area contributed by atoms with Crippen molar-refractivity contribution in [3.8, 4) is 23.3 Å². The minimum Gasteiger partial charge on any atom is -0.461 e. The molecule has 3 aromatic rings. The molecule has 0 radical (unpaired) electrons. The molecule has 2 aromatic heterocycles. The van der Waals surface area contributed by atoms with Gasteiger partial charge in [0.2, 0.25) is 0 Å². The summed E-state index contributed by atoms with van der Waals surface area (Å²) >= 11 is 0. The van der Waals surface area contributed by atoms with Gasteiger partial charge in [-0.1, -0.05) is 18.2 Å². The molecule has 7 heterocycles. The van der Waals surface area contributed by atoms with Crippen LogP contribution in [0.15, 0.2) is 30.5 Å². The number of piperazine rings is 1. The number of benzene rings is 1. The van der Waals surface area contributed by atoms with Crippen molar-refractivity contribution in [1.29, 1.82) is 5.26 Å². The highest BCUT2D eigenvalue weighted by molar-refractivity contribution is 5.92. The first-order chi connectivity index (χ1) is 19.0. The summed E-state index contributed by atoms with van der Waals surface area (Å²) in [6.07, 6.45) is 6.28. The van der Waals surface area contributed by atoms with Gasteiger partial charge in [0.15, 0.2) is 5.82 Å². The number of nitrogens with one attached hydrogen (secondary N) is 1. The SMILES string of the molecule is N#Cc1ccccc1-c1ncc2c(N3CC4CCCC3CN4)nc(OC[C@@]34CCCN3C[C@H](F)C4)nc2c1F. The fraction of sp³-hybridized carbons (Fsp3) is 0.517. The minimum absolute atomic E-state index is 0.0749. The van der Waals surface area contributed by atoms with E-state index in [1.807, 2.05) is 0 Å². The van der Waals surface area contributed by atoms with Gasteiger partial charge in [0, 0.05) is 49.9 Å². The second-order valence-electron chi connectivity index (χ2n) is 11.4. The number of ether oxygens (including phenoxy) is 1. The summed E-state index contributed by atoms with van der Waals surface area (Å²) in [6, 6.07) is 9.63. The van der Waals surface area contributed by atoms with Crippen LogP contribution in [-0.4, -0.2) is 76.4 Å². The van der Waals surface area contributed by atoms with Crippen LogP contribution in [0.3, 0.4) is 0 Å². The van der Waals surface area contributed by atoms with E-state index in [1.54, 1.807) is 30.5 Å². The molecule has 0 amide bonds. The molecule has 0 aliphatic carbocycles. The van der Waals surface area contributed by atoms with Crippen molar-refractivity contribution in [3.05, 3.63) is 41.8 Å². The Hall–Kier alpha value is -3.42. The number of pyridine rings is 1. The molecule has 5 aliphatic heterocycles. The molecule has 0 spiro atoms. The molecule has 1 N–H and O–H groups in total. The maximum absolute atomic E-state index is 16.3. The molecule has 2 bridgehead atoms. The maximum atomic E-state index is 16.3. The number of halogens is 2. The van der Waals surface area contributed by atoms with Crippen LogP contribution in [0, 0.1) is 17.1 Å². The van der Waals surface area contributed by atoms with Crippen molar-refractivity contribution in [2.45, 2.75) is 62.3 Å². The quantitative estimate of drug-likeness (QED) is 0.529. The van der Waals surface area contributed by atoms with Crippen molar-refractivity contribution < 1.29 is 13.5 Å². The van der Waals surface area contributed by atoms with E-state index in [-0.39, 0.29) is 35.4 Å². The zero-order valence-electron chi connectivity index (χ0n) is 21.7. The van der Waals surface area contributed by atoms with Gasteiger partial charge in [-0.05, 0) is 44.7 Å². The maximum Gasteiger partial charge on any atom is 0.319 e. The molecule has 10 heteroatoms. The molecule has 39 heavy (non-hydrogen) atoms. The van der Waals surface area contributed by atoms with Crippen LogP contribution in [0.5, 0.6) is 6.01 Å². The van der Waals surface area contributed by atoms with Gasteiger partial charge >= 0.3 is 6.01 Å². The third kappa shape index (κ3) is 4.19. The fourth-order valence-corrected chi connectivity index (χ4v) is 7.10. The Kier molecular flexibility index (Phi) is 6.09. The Bertz CT molecular complexity index is 1460. The molecule has 1 aromatic carbocycles. The largest absolute Gasteiger partial charge is 0.461 e. The van der Waals surface area contributed by atoms with Gasteiger partial charge < -0.3 is 15.0 Å².